The quantitative estimate of drug-likeness (QED) is 0.0661. The van der Waals surface area contributed by atoms with Gasteiger partial charge < -0.3 is 24.8 Å². The Bertz CT molecular complexity index is 1840. The number of nitrogens with one attached hydrogen (secondary N) is 3. The first-order chi connectivity index (χ1) is 22.2. The Morgan fingerprint density at radius 1 is 0.978 bits per heavy atom. The van der Waals surface area contributed by atoms with Crippen molar-refractivity contribution in [1.29, 1.82) is 0 Å². The number of benzene rings is 4. The van der Waals surface area contributed by atoms with Gasteiger partial charge in [-0.15, -0.1) is 0 Å². The number of nitrogens with zero attached hydrogens (tertiary/aromatic N) is 1. The average molecular weight is 767 g/mol. The van der Waals surface area contributed by atoms with Gasteiger partial charge in [0.05, 0.1) is 33.4 Å². The van der Waals surface area contributed by atoms with Crippen molar-refractivity contribution in [2.45, 2.75) is 26.5 Å². The highest BCUT2D eigenvalue weighted by Gasteiger charge is 2.32. The third-order valence-electron chi connectivity index (χ3n) is 6.97. The van der Waals surface area contributed by atoms with Gasteiger partial charge in [-0.25, -0.2) is 10.2 Å². The highest BCUT2D eigenvalue weighted by Crippen LogP contribution is 2.36. The zero-order chi connectivity index (χ0) is 32.6. The SMILES string of the molecule is CCOC(=O)C1=C(C)NC(=S)N[C@@H]1c1ccccc1OCC(=O)NN=Cc1cc(Br)c(OCc2ccc3ccccc3c2)c(Br)c1. The molecule has 236 valence electrons. The molecule has 1 amide bonds. The number of halogens is 2. The van der Waals surface area contributed by atoms with Crippen molar-refractivity contribution in [3.63, 3.8) is 0 Å². The van der Waals surface area contributed by atoms with E-state index in [1.54, 1.807) is 32.0 Å². The van der Waals surface area contributed by atoms with Crippen molar-refractivity contribution in [1.82, 2.24) is 16.1 Å². The summed E-state index contributed by atoms with van der Waals surface area (Å²) in [4.78, 5) is 25.4. The third-order valence-corrected chi connectivity index (χ3v) is 8.37. The molecule has 1 aliphatic rings. The van der Waals surface area contributed by atoms with Gasteiger partial charge in [0, 0.05) is 11.3 Å². The van der Waals surface area contributed by atoms with Gasteiger partial charge in [-0.2, -0.15) is 5.10 Å². The molecule has 0 bridgehead atoms. The maximum atomic E-state index is 12.8. The molecule has 1 heterocycles. The standard InChI is InChI=1S/C34H30Br2N4O5S/c1-3-43-33(42)30-20(2)38-34(46)39-31(30)25-10-6-7-11-28(25)44-19-29(41)40-37-17-22-15-26(35)32(27(36)16-22)45-18-21-12-13-23-8-4-5-9-24(23)14-21/h4-17,31H,3,18-19H2,1-2H3,(H,40,41)(H2,38,39,46)/t31-/m1/s1. The number of carbonyl (C=O) groups excluding carboxylic acids is 2. The van der Waals surface area contributed by atoms with Gasteiger partial charge in [0.2, 0.25) is 0 Å². The number of rotatable bonds is 11. The van der Waals surface area contributed by atoms with E-state index >= 15 is 0 Å². The number of esters is 1. The molecule has 0 saturated heterocycles. The van der Waals surface area contributed by atoms with E-state index < -0.39 is 17.9 Å². The Balaban J connectivity index is 1.19. The molecule has 3 N–H and O–H groups in total. The minimum Gasteiger partial charge on any atom is -0.487 e. The summed E-state index contributed by atoms with van der Waals surface area (Å²) in [6, 6.07) is 24.6. The predicted molar refractivity (Wildman–Crippen MR) is 189 cm³/mol. The largest absolute Gasteiger partial charge is 0.487 e. The first kappa shape index (κ1) is 33.1. The minimum atomic E-state index is -0.624. The lowest BCUT2D eigenvalue weighted by Gasteiger charge is -2.30. The molecule has 0 radical (unpaired) electrons. The molecule has 0 spiro atoms. The number of ether oxygens (including phenoxy) is 3. The summed E-state index contributed by atoms with van der Waals surface area (Å²) in [6.07, 6.45) is 1.52. The van der Waals surface area contributed by atoms with E-state index in [-0.39, 0.29) is 13.2 Å². The molecule has 0 fully saturated rings. The molecule has 0 aromatic heterocycles. The fourth-order valence-corrected chi connectivity index (χ4v) is 6.61. The van der Waals surface area contributed by atoms with E-state index in [0.29, 0.717) is 40.1 Å². The zero-order valence-corrected chi connectivity index (χ0v) is 28.9. The Hall–Kier alpha value is -4.26. The van der Waals surface area contributed by atoms with Gasteiger partial charge in [0.15, 0.2) is 11.7 Å². The van der Waals surface area contributed by atoms with Crippen LogP contribution in [-0.4, -0.2) is 36.4 Å². The number of allylic oxidation sites excluding steroid dienone is 1. The fraction of sp³-hybridized carbons (Fsp3) is 0.176. The molecule has 1 atom stereocenters. The molecule has 0 aliphatic carbocycles. The van der Waals surface area contributed by atoms with Crippen molar-refractivity contribution in [3.05, 3.63) is 116 Å². The number of amides is 1. The van der Waals surface area contributed by atoms with E-state index in [4.69, 9.17) is 26.4 Å². The lowest BCUT2D eigenvalue weighted by Crippen LogP contribution is -2.45. The van der Waals surface area contributed by atoms with Gasteiger partial charge in [-0.3, -0.25) is 4.79 Å². The van der Waals surface area contributed by atoms with Crippen LogP contribution in [0.2, 0.25) is 0 Å². The van der Waals surface area contributed by atoms with Crippen molar-refractivity contribution >= 4 is 78.1 Å². The Morgan fingerprint density at radius 3 is 2.46 bits per heavy atom. The normalized spacial score (nSPS) is 14.5. The minimum absolute atomic E-state index is 0.226. The molecule has 0 saturated carbocycles. The van der Waals surface area contributed by atoms with Crippen molar-refractivity contribution in [3.8, 4) is 11.5 Å². The Morgan fingerprint density at radius 2 is 1.70 bits per heavy atom. The summed E-state index contributed by atoms with van der Waals surface area (Å²) < 4.78 is 18.7. The second-order valence-electron chi connectivity index (χ2n) is 10.2. The molecule has 9 nitrogen and oxygen atoms in total. The number of hydrazone groups is 1. The van der Waals surface area contributed by atoms with Crippen LogP contribution in [-0.2, 0) is 20.9 Å². The highest BCUT2D eigenvalue weighted by atomic mass is 79.9. The van der Waals surface area contributed by atoms with Crippen LogP contribution in [0.25, 0.3) is 10.8 Å². The lowest BCUT2D eigenvalue weighted by atomic mass is 9.95. The smallest absolute Gasteiger partial charge is 0.338 e. The second kappa shape index (κ2) is 15.4. The van der Waals surface area contributed by atoms with Crippen LogP contribution in [0.5, 0.6) is 11.5 Å². The van der Waals surface area contributed by atoms with E-state index in [9.17, 15) is 9.59 Å². The maximum Gasteiger partial charge on any atom is 0.338 e. The number of thiocarbonyl (C=S) groups is 1. The molecule has 12 heteroatoms. The van der Waals surface area contributed by atoms with E-state index in [1.165, 1.54) is 11.6 Å². The fourth-order valence-electron chi connectivity index (χ4n) is 4.89. The van der Waals surface area contributed by atoms with Gasteiger partial charge in [0.25, 0.3) is 5.91 Å². The van der Waals surface area contributed by atoms with Crippen LogP contribution in [0, 0.1) is 0 Å². The maximum absolute atomic E-state index is 12.8. The Kier molecular flexibility index (Phi) is 11.1. The van der Waals surface area contributed by atoms with E-state index in [1.807, 2.05) is 30.3 Å². The summed E-state index contributed by atoms with van der Waals surface area (Å²) in [7, 11) is 0. The number of para-hydroxylation sites is 1. The average Bonchev–Trinajstić information content (AvgIpc) is 3.03. The van der Waals surface area contributed by atoms with E-state index in [2.05, 4.69) is 83.4 Å². The number of fused-ring (bicyclic) bond motifs is 1. The highest BCUT2D eigenvalue weighted by molar-refractivity contribution is 9.11. The van der Waals surface area contributed by atoms with E-state index in [0.717, 1.165) is 25.5 Å². The second-order valence-corrected chi connectivity index (χ2v) is 12.3. The van der Waals surface area contributed by atoms with Crippen LogP contribution in [0.3, 0.4) is 0 Å². The van der Waals surface area contributed by atoms with Crippen LogP contribution < -0.4 is 25.5 Å². The van der Waals surface area contributed by atoms with Crippen molar-refractivity contribution in [2.75, 3.05) is 13.2 Å². The summed E-state index contributed by atoms with van der Waals surface area (Å²) in [5.74, 6) is 0.120. The predicted octanol–water partition coefficient (Wildman–Crippen LogP) is 6.83. The molecular formula is C34H30Br2N4O5S. The molecule has 1 aliphatic heterocycles. The van der Waals surface area contributed by atoms with Gasteiger partial charge in [0.1, 0.15) is 18.1 Å². The van der Waals surface area contributed by atoms with Crippen LogP contribution >= 0.6 is 44.1 Å². The van der Waals surface area contributed by atoms with Gasteiger partial charge in [-0.05, 0) is 104 Å². The topological polar surface area (TPSA) is 110 Å². The zero-order valence-electron chi connectivity index (χ0n) is 24.9. The summed E-state index contributed by atoms with van der Waals surface area (Å²) in [5, 5.41) is 12.9. The Labute approximate surface area is 288 Å². The molecule has 4 aromatic rings. The molecule has 5 rings (SSSR count). The number of hydrogen-bond acceptors (Lipinski definition) is 7. The van der Waals surface area contributed by atoms with Gasteiger partial charge in [-0.1, -0.05) is 54.6 Å². The van der Waals surface area contributed by atoms with Crippen LogP contribution in [0.4, 0.5) is 0 Å². The number of hydrogen-bond donors (Lipinski definition) is 3. The first-order valence-electron chi connectivity index (χ1n) is 14.3. The van der Waals surface area contributed by atoms with Crippen molar-refractivity contribution < 1.29 is 23.8 Å². The molecular weight excluding hydrogens is 736 g/mol. The summed E-state index contributed by atoms with van der Waals surface area (Å²) >= 11 is 12.5. The molecule has 0 unspecified atom stereocenters. The molecule has 4 aromatic carbocycles. The monoisotopic (exact) mass is 764 g/mol. The van der Waals surface area contributed by atoms with Crippen LogP contribution in [0.15, 0.2) is 104 Å². The van der Waals surface area contributed by atoms with Crippen LogP contribution in [0.1, 0.15) is 36.6 Å². The van der Waals surface area contributed by atoms with Gasteiger partial charge >= 0.3 is 5.97 Å². The third kappa shape index (κ3) is 8.11. The lowest BCUT2D eigenvalue weighted by molar-refractivity contribution is -0.139. The molecule has 46 heavy (non-hydrogen) atoms. The first-order valence-corrected chi connectivity index (χ1v) is 16.3. The summed E-state index contributed by atoms with van der Waals surface area (Å²) in [5.41, 5.74) is 5.85. The summed E-state index contributed by atoms with van der Waals surface area (Å²) in [6.45, 7) is 3.81. The van der Waals surface area contributed by atoms with Crippen molar-refractivity contribution in [2.24, 2.45) is 5.10 Å². The number of carbonyl (C=O) groups is 2.